The monoisotopic (exact) mass is 470 g/mol. The number of ether oxygens (including phenoxy) is 2. The maximum Gasteiger partial charge on any atom is 0.226 e. The summed E-state index contributed by atoms with van der Waals surface area (Å²) in [7, 11) is 2.06. The zero-order chi connectivity index (χ0) is 23.8. The fourth-order valence-electron chi connectivity index (χ4n) is 4.30. The van der Waals surface area contributed by atoms with Crippen LogP contribution in [0, 0.1) is 6.92 Å². The van der Waals surface area contributed by atoms with E-state index in [2.05, 4.69) is 48.5 Å². The number of nitrogens with one attached hydrogen (secondary N) is 2. The van der Waals surface area contributed by atoms with Crippen molar-refractivity contribution in [1.29, 1.82) is 0 Å². The van der Waals surface area contributed by atoms with Crippen LogP contribution in [0.15, 0.2) is 48.9 Å². The lowest BCUT2D eigenvalue weighted by molar-refractivity contribution is 0.122. The molecule has 2 aromatic carbocycles. The molecule has 0 bridgehead atoms. The van der Waals surface area contributed by atoms with Gasteiger partial charge in [0.1, 0.15) is 28.9 Å². The summed E-state index contributed by atoms with van der Waals surface area (Å²) in [5.74, 6) is 2.89. The van der Waals surface area contributed by atoms with Gasteiger partial charge in [-0.05, 0) is 42.8 Å². The van der Waals surface area contributed by atoms with Crippen molar-refractivity contribution in [2.75, 3.05) is 60.5 Å². The normalized spacial score (nSPS) is 15.1. The summed E-state index contributed by atoms with van der Waals surface area (Å²) in [4.78, 5) is 22.3. The maximum absolute atomic E-state index is 6.18. The summed E-state index contributed by atoms with van der Waals surface area (Å²) in [5.41, 5.74) is 5.51. The number of nitrogens with zero attached hydrogens (tertiary/aromatic N) is 6. The van der Waals surface area contributed by atoms with E-state index >= 15 is 0 Å². The van der Waals surface area contributed by atoms with Gasteiger partial charge in [0.05, 0.1) is 37.5 Å². The molecule has 1 fully saturated rings. The first-order valence-electron chi connectivity index (χ1n) is 11.6. The highest BCUT2D eigenvalue weighted by Gasteiger charge is 2.17. The molecule has 0 atom stereocenters. The number of morpholine rings is 1. The fourth-order valence-corrected chi connectivity index (χ4v) is 4.30. The van der Waals surface area contributed by atoms with E-state index in [4.69, 9.17) is 14.5 Å². The third-order valence-corrected chi connectivity index (χ3v) is 6.21. The van der Waals surface area contributed by atoms with Gasteiger partial charge in [-0.15, -0.1) is 0 Å². The molecule has 1 saturated heterocycles. The minimum Gasteiger partial charge on any atom is -0.457 e. The molecule has 6 rings (SSSR count). The van der Waals surface area contributed by atoms with E-state index in [1.807, 2.05) is 37.3 Å². The Morgan fingerprint density at radius 3 is 2.80 bits per heavy atom. The van der Waals surface area contributed by atoms with Gasteiger partial charge in [0.25, 0.3) is 0 Å². The Morgan fingerprint density at radius 2 is 1.94 bits per heavy atom. The number of benzene rings is 2. The number of hydrogen-bond acceptors (Lipinski definition) is 10. The summed E-state index contributed by atoms with van der Waals surface area (Å²) in [6.45, 7) is 5.69. The lowest BCUT2D eigenvalue weighted by atomic mass is 10.2. The van der Waals surface area contributed by atoms with E-state index in [1.54, 1.807) is 6.20 Å². The molecule has 0 radical (unpaired) electrons. The van der Waals surface area contributed by atoms with Crippen molar-refractivity contribution in [1.82, 2.24) is 19.9 Å². The molecule has 35 heavy (non-hydrogen) atoms. The molecule has 0 saturated carbocycles. The van der Waals surface area contributed by atoms with Crippen molar-refractivity contribution >= 4 is 39.9 Å². The van der Waals surface area contributed by atoms with E-state index in [9.17, 15) is 0 Å². The van der Waals surface area contributed by atoms with Crippen molar-refractivity contribution in [3.8, 4) is 11.5 Å². The highest BCUT2D eigenvalue weighted by atomic mass is 16.5. The van der Waals surface area contributed by atoms with Crippen LogP contribution in [-0.2, 0) is 4.74 Å². The highest BCUT2D eigenvalue weighted by Crippen LogP contribution is 2.36. The maximum atomic E-state index is 6.18. The third kappa shape index (κ3) is 4.24. The predicted octanol–water partition coefficient (Wildman–Crippen LogP) is 3.92. The zero-order valence-corrected chi connectivity index (χ0v) is 19.7. The Kier molecular flexibility index (Phi) is 5.42. The molecule has 0 spiro atoms. The van der Waals surface area contributed by atoms with Crippen molar-refractivity contribution in [2.24, 2.45) is 0 Å². The van der Waals surface area contributed by atoms with Crippen LogP contribution >= 0.6 is 0 Å². The molecule has 4 heterocycles. The first-order valence-corrected chi connectivity index (χ1v) is 11.6. The highest BCUT2D eigenvalue weighted by molar-refractivity contribution is 5.87. The molecule has 10 nitrogen and oxygen atoms in total. The Labute approximate surface area is 202 Å². The largest absolute Gasteiger partial charge is 0.457 e. The van der Waals surface area contributed by atoms with Gasteiger partial charge in [-0.2, -0.15) is 0 Å². The number of anilines is 5. The molecule has 2 aromatic heterocycles. The van der Waals surface area contributed by atoms with E-state index in [-0.39, 0.29) is 0 Å². The van der Waals surface area contributed by atoms with Crippen LogP contribution in [0.1, 0.15) is 5.56 Å². The topological polar surface area (TPSA) is 101 Å². The quantitative estimate of drug-likeness (QED) is 0.446. The number of aromatic nitrogens is 4. The van der Waals surface area contributed by atoms with E-state index in [1.165, 1.54) is 12.0 Å². The third-order valence-electron chi connectivity index (χ3n) is 6.21. The summed E-state index contributed by atoms with van der Waals surface area (Å²) in [6, 6.07) is 12.1. The van der Waals surface area contributed by atoms with Gasteiger partial charge in [-0.25, -0.2) is 19.9 Å². The van der Waals surface area contributed by atoms with Crippen LogP contribution in [0.25, 0.3) is 11.0 Å². The number of fused-ring (bicyclic) bond motifs is 2. The van der Waals surface area contributed by atoms with Gasteiger partial charge in [0.15, 0.2) is 5.82 Å². The van der Waals surface area contributed by atoms with Crippen LogP contribution in [0.5, 0.6) is 11.5 Å². The molecule has 2 N–H and O–H groups in total. The molecular weight excluding hydrogens is 444 g/mol. The molecule has 4 aromatic rings. The first kappa shape index (κ1) is 21.4. The lowest BCUT2D eigenvalue weighted by Crippen LogP contribution is -2.37. The van der Waals surface area contributed by atoms with Gasteiger partial charge < -0.3 is 29.9 Å². The summed E-state index contributed by atoms with van der Waals surface area (Å²) < 4.78 is 11.6. The van der Waals surface area contributed by atoms with Gasteiger partial charge in [0.2, 0.25) is 5.95 Å². The summed E-state index contributed by atoms with van der Waals surface area (Å²) in [6.07, 6.45) is 3.26. The van der Waals surface area contributed by atoms with Crippen LogP contribution < -0.4 is 25.2 Å². The molecule has 0 aliphatic carbocycles. The number of aryl methyl sites for hydroxylation is 1. The van der Waals surface area contributed by atoms with E-state index in [0.717, 1.165) is 48.2 Å². The second kappa shape index (κ2) is 8.88. The van der Waals surface area contributed by atoms with Crippen molar-refractivity contribution in [3.05, 3.63) is 54.5 Å². The first-order chi connectivity index (χ1) is 17.1. The van der Waals surface area contributed by atoms with Crippen molar-refractivity contribution in [3.63, 3.8) is 0 Å². The molecule has 10 heteroatoms. The average Bonchev–Trinajstić information content (AvgIpc) is 3.26. The predicted molar refractivity (Wildman–Crippen MR) is 136 cm³/mol. The Bertz CT molecular complexity index is 1390. The number of hydrogen-bond donors (Lipinski definition) is 2. The van der Waals surface area contributed by atoms with E-state index < -0.39 is 0 Å². The smallest absolute Gasteiger partial charge is 0.226 e. The van der Waals surface area contributed by atoms with Crippen molar-refractivity contribution in [2.45, 2.75) is 6.92 Å². The Morgan fingerprint density at radius 1 is 1.06 bits per heavy atom. The fraction of sp³-hybridized carbons (Fsp3) is 0.280. The van der Waals surface area contributed by atoms with Crippen LogP contribution in [0.2, 0.25) is 0 Å². The molecule has 0 unspecified atom stereocenters. The minimum absolute atomic E-state index is 0.633. The second-order valence-corrected chi connectivity index (χ2v) is 8.64. The molecule has 0 amide bonds. The molecule has 2 aliphatic heterocycles. The molecular formula is C25H26N8O2. The molecule has 178 valence electrons. The minimum atomic E-state index is 0.633. The average molecular weight is 471 g/mol. The van der Waals surface area contributed by atoms with Gasteiger partial charge in [-0.1, -0.05) is 0 Å². The Hall–Kier alpha value is -4.18. The Balaban J connectivity index is 1.23. The summed E-state index contributed by atoms with van der Waals surface area (Å²) >= 11 is 0. The van der Waals surface area contributed by atoms with Crippen LogP contribution in [0.4, 0.5) is 28.8 Å². The lowest BCUT2D eigenvalue weighted by Gasteiger charge is -2.26. The second-order valence-electron chi connectivity index (χ2n) is 8.64. The van der Waals surface area contributed by atoms with E-state index in [0.29, 0.717) is 36.0 Å². The van der Waals surface area contributed by atoms with Gasteiger partial charge in [-0.3, -0.25) is 0 Å². The van der Waals surface area contributed by atoms with Crippen LogP contribution in [0.3, 0.4) is 0 Å². The van der Waals surface area contributed by atoms with Gasteiger partial charge in [0, 0.05) is 31.9 Å². The molecule has 2 aliphatic rings. The summed E-state index contributed by atoms with van der Waals surface area (Å²) in [5, 5.41) is 6.76. The van der Waals surface area contributed by atoms with Gasteiger partial charge >= 0.3 is 0 Å². The SMILES string of the molecule is Cc1cc(Nc2ncnc3cnc(N4CCOCC4)nc23)ccc1Oc1ccc2c(c1)NCN2C. The zero-order valence-electron chi connectivity index (χ0n) is 19.7. The standard InChI is InChI=1S/C25H26N8O2/c1-16-11-17(3-6-22(16)35-18-4-5-21-19(12-18)29-15-32(21)2)30-24-23-20(27-14-28-24)13-26-25(31-23)33-7-9-34-10-8-33/h3-6,11-14,29H,7-10,15H2,1-2H3,(H,27,28,30). The number of rotatable bonds is 5. The van der Waals surface area contributed by atoms with Crippen molar-refractivity contribution < 1.29 is 9.47 Å². The van der Waals surface area contributed by atoms with Crippen LogP contribution in [-0.4, -0.2) is 60.0 Å².